The van der Waals surface area contributed by atoms with Gasteiger partial charge in [-0.3, -0.25) is 0 Å². The van der Waals surface area contributed by atoms with Crippen LogP contribution in [-0.4, -0.2) is 30.5 Å². The van der Waals surface area contributed by atoms with Crippen LogP contribution in [0.5, 0.6) is 11.5 Å². The third-order valence-corrected chi connectivity index (χ3v) is 3.19. The molecule has 1 aromatic carbocycles. The summed E-state index contributed by atoms with van der Waals surface area (Å²) in [4.78, 5) is 0. The van der Waals surface area contributed by atoms with Crippen LogP contribution in [0.3, 0.4) is 0 Å². The van der Waals surface area contributed by atoms with Crippen LogP contribution in [0.15, 0.2) is 22.6 Å². The molecule has 1 aliphatic rings. The van der Waals surface area contributed by atoms with Crippen molar-refractivity contribution in [1.29, 1.82) is 0 Å². The van der Waals surface area contributed by atoms with Gasteiger partial charge in [0.15, 0.2) is 0 Å². The highest BCUT2D eigenvalue weighted by molar-refractivity contribution is 5.58. The Morgan fingerprint density at radius 2 is 1.86 bits per heavy atom. The number of anilines is 2. The molecule has 0 amide bonds. The maximum atomic E-state index is 5.54. The molecule has 1 aromatic heterocycles. The molecule has 2 aromatic rings. The molecule has 0 saturated heterocycles. The highest BCUT2D eigenvalue weighted by Gasteiger charge is 2.21. The Balaban J connectivity index is 1.67. The van der Waals surface area contributed by atoms with Gasteiger partial charge in [0.1, 0.15) is 11.5 Å². The van der Waals surface area contributed by atoms with E-state index in [0.29, 0.717) is 36.0 Å². The second-order valence-electron chi connectivity index (χ2n) is 4.88. The number of ether oxygens (including phenoxy) is 2. The van der Waals surface area contributed by atoms with Crippen molar-refractivity contribution in [2.24, 2.45) is 0 Å². The van der Waals surface area contributed by atoms with Crippen molar-refractivity contribution < 1.29 is 13.9 Å². The van der Waals surface area contributed by atoms with E-state index in [0.717, 1.165) is 5.69 Å². The average molecular weight is 290 g/mol. The van der Waals surface area contributed by atoms with Crippen LogP contribution in [0.2, 0.25) is 0 Å². The Bertz CT molecular complexity index is 588. The van der Waals surface area contributed by atoms with Crippen LogP contribution >= 0.6 is 0 Å². The van der Waals surface area contributed by atoms with E-state index in [-0.39, 0.29) is 0 Å². The second-order valence-corrected chi connectivity index (χ2v) is 4.88. The molecule has 1 fully saturated rings. The highest BCUT2D eigenvalue weighted by Crippen LogP contribution is 2.27. The summed E-state index contributed by atoms with van der Waals surface area (Å²) in [5.74, 6) is 1.94. The zero-order chi connectivity index (χ0) is 14.7. The minimum Gasteiger partial charge on any atom is -0.497 e. The molecule has 112 valence electrons. The lowest BCUT2D eigenvalue weighted by atomic mass is 10.3. The zero-order valence-corrected chi connectivity index (χ0v) is 12.0. The minimum absolute atomic E-state index is 0.345. The molecular formula is C14H18N4O3. The van der Waals surface area contributed by atoms with Gasteiger partial charge < -0.3 is 24.5 Å². The van der Waals surface area contributed by atoms with Crippen molar-refractivity contribution in [3.63, 3.8) is 0 Å². The number of methoxy groups -OCH3 is 2. The molecule has 1 aliphatic carbocycles. The van der Waals surface area contributed by atoms with E-state index in [2.05, 4.69) is 20.8 Å². The third kappa shape index (κ3) is 3.63. The van der Waals surface area contributed by atoms with Gasteiger partial charge in [-0.15, -0.1) is 5.10 Å². The first kappa shape index (κ1) is 13.7. The lowest BCUT2D eigenvalue weighted by Gasteiger charge is -2.08. The van der Waals surface area contributed by atoms with Gasteiger partial charge in [0, 0.05) is 29.9 Å². The van der Waals surface area contributed by atoms with Crippen molar-refractivity contribution in [2.75, 3.05) is 19.5 Å². The first-order valence-corrected chi connectivity index (χ1v) is 6.82. The minimum atomic E-state index is 0.345. The molecule has 0 aliphatic heterocycles. The molecular weight excluding hydrogens is 272 g/mol. The fourth-order valence-electron chi connectivity index (χ4n) is 1.90. The zero-order valence-electron chi connectivity index (χ0n) is 12.0. The van der Waals surface area contributed by atoms with Crippen molar-refractivity contribution in [1.82, 2.24) is 15.5 Å². The number of nitrogens with one attached hydrogen (secondary N) is 2. The number of aromatic nitrogens is 2. The number of rotatable bonds is 7. The fourth-order valence-corrected chi connectivity index (χ4v) is 1.90. The van der Waals surface area contributed by atoms with Crippen molar-refractivity contribution in [2.45, 2.75) is 25.4 Å². The van der Waals surface area contributed by atoms with Gasteiger partial charge in [0.2, 0.25) is 5.89 Å². The molecule has 1 heterocycles. The van der Waals surface area contributed by atoms with E-state index in [1.54, 1.807) is 20.3 Å². The lowest BCUT2D eigenvalue weighted by Crippen LogP contribution is -2.15. The largest absolute Gasteiger partial charge is 0.497 e. The van der Waals surface area contributed by atoms with Crippen LogP contribution in [0, 0.1) is 0 Å². The van der Waals surface area contributed by atoms with E-state index in [4.69, 9.17) is 13.9 Å². The van der Waals surface area contributed by atoms with Gasteiger partial charge in [0.25, 0.3) is 0 Å². The first-order chi connectivity index (χ1) is 10.3. The topological polar surface area (TPSA) is 81.4 Å². The van der Waals surface area contributed by atoms with E-state index >= 15 is 0 Å². The highest BCUT2D eigenvalue weighted by atomic mass is 16.5. The van der Waals surface area contributed by atoms with Crippen LogP contribution in [-0.2, 0) is 6.54 Å². The van der Waals surface area contributed by atoms with Crippen molar-refractivity contribution in [3.05, 3.63) is 24.1 Å². The quantitative estimate of drug-likeness (QED) is 0.808. The predicted octanol–water partition coefficient (Wildman–Crippen LogP) is 2.08. The van der Waals surface area contributed by atoms with E-state index in [9.17, 15) is 0 Å². The molecule has 0 bridgehead atoms. The summed E-state index contributed by atoms with van der Waals surface area (Å²) < 4.78 is 16.0. The lowest BCUT2D eigenvalue weighted by molar-refractivity contribution is 0.394. The Morgan fingerprint density at radius 1 is 1.14 bits per heavy atom. The summed E-state index contributed by atoms with van der Waals surface area (Å²) in [6.07, 6.45) is 2.45. The van der Waals surface area contributed by atoms with Gasteiger partial charge in [0.05, 0.1) is 20.8 Å². The molecule has 7 heteroatoms. The van der Waals surface area contributed by atoms with Gasteiger partial charge >= 0.3 is 6.01 Å². The van der Waals surface area contributed by atoms with Crippen molar-refractivity contribution >= 4 is 11.7 Å². The summed E-state index contributed by atoms with van der Waals surface area (Å²) >= 11 is 0. The predicted molar refractivity (Wildman–Crippen MR) is 77.0 cm³/mol. The molecule has 0 spiro atoms. The first-order valence-electron chi connectivity index (χ1n) is 6.82. The summed E-state index contributed by atoms with van der Waals surface area (Å²) in [6.45, 7) is 0.598. The maximum absolute atomic E-state index is 5.54. The average Bonchev–Trinajstić information content (AvgIpc) is 3.24. The fraction of sp³-hybridized carbons (Fsp3) is 0.429. The van der Waals surface area contributed by atoms with E-state index < -0.39 is 0 Å². The van der Waals surface area contributed by atoms with Crippen LogP contribution in [0.4, 0.5) is 11.7 Å². The van der Waals surface area contributed by atoms with Crippen LogP contribution in [0.1, 0.15) is 18.7 Å². The van der Waals surface area contributed by atoms with Crippen LogP contribution in [0.25, 0.3) is 0 Å². The SMILES string of the molecule is COc1cc(Nc2nnc(CNC3CC3)o2)cc(OC)c1. The summed E-state index contributed by atoms with van der Waals surface area (Å²) in [7, 11) is 3.21. The number of nitrogens with zero attached hydrogens (tertiary/aromatic N) is 2. The maximum Gasteiger partial charge on any atom is 0.320 e. The molecule has 7 nitrogen and oxygen atoms in total. The Labute approximate surface area is 122 Å². The van der Waals surface area contributed by atoms with Gasteiger partial charge in [-0.2, -0.15) is 0 Å². The number of hydrogen-bond donors (Lipinski definition) is 2. The van der Waals surface area contributed by atoms with E-state index in [1.807, 2.05) is 12.1 Å². The Kier molecular flexibility index (Phi) is 3.92. The van der Waals surface area contributed by atoms with Gasteiger partial charge in [-0.05, 0) is 12.8 Å². The Morgan fingerprint density at radius 3 is 2.48 bits per heavy atom. The van der Waals surface area contributed by atoms with Crippen LogP contribution < -0.4 is 20.1 Å². The molecule has 1 saturated carbocycles. The second kappa shape index (κ2) is 6.01. The molecule has 2 N–H and O–H groups in total. The van der Waals surface area contributed by atoms with E-state index in [1.165, 1.54) is 12.8 Å². The van der Waals surface area contributed by atoms with Crippen molar-refractivity contribution in [3.8, 4) is 11.5 Å². The number of benzene rings is 1. The molecule has 3 rings (SSSR count). The summed E-state index contributed by atoms with van der Waals surface area (Å²) in [6, 6.07) is 6.40. The monoisotopic (exact) mass is 290 g/mol. The molecule has 0 atom stereocenters. The van der Waals surface area contributed by atoms with Gasteiger partial charge in [-0.25, -0.2) is 0 Å². The normalized spacial score (nSPS) is 14.0. The summed E-state index contributed by atoms with van der Waals surface area (Å²) in [5, 5.41) is 14.3. The molecule has 0 unspecified atom stereocenters. The standard InChI is InChI=1S/C14H18N4O3/c1-19-11-5-10(6-12(7-11)20-2)16-14-18-17-13(21-14)8-15-9-3-4-9/h5-7,9,15H,3-4,8H2,1-2H3,(H,16,18). The number of hydrogen-bond acceptors (Lipinski definition) is 7. The molecule has 21 heavy (non-hydrogen) atoms. The Hall–Kier alpha value is -2.28. The van der Waals surface area contributed by atoms with Gasteiger partial charge in [-0.1, -0.05) is 5.10 Å². The summed E-state index contributed by atoms with van der Waals surface area (Å²) in [5.41, 5.74) is 0.761. The third-order valence-electron chi connectivity index (χ3n) is 3.19. The molecule has 0 radical (unpaired) electrons. The smallest absolute Gasteiger partial charge is 0.320 e.